The molecule has 34 heavy (non-hydrogen) atoms. The normalized spacial score (nSPS) is 18.9. The number of pyridine rings is 1. The molecule has 1 aromatic carbocycles. The van der Waals surface area contributed by atoms with Gasteiger partial charge in [0.25, 0.3) is 0 Å². The second-order valence-corrected chi connectivity index (χ2v) is 8.36. The number of aromatic nitrogens is 1. The molecule has 3 aliphatic heterocycles. The molecule has 6 rings (SSSR count). The zero-order chi connectivity index (χ0) is 23.5. The van der Waals surface area contributed by atoms with E-state index in [1.807, 2.05) is 14.7 Å². The number of rotatable bonds is 3. The van der Waals surface area contributed by atoms with E-state index in [0.717, 1.165) is 51.4 Å². The van der Waals surface area contributed by atoms with Crippen LogP contribution in [0, 0.1) is 6.92 Å². The summed E-state index contributed by atoms with van der Waals surface area (Å²) >= 11 is 0. The van der Waals surface area contributed by atoms with Crippen LogP contribution in [-0.2, 0) is 15.8 Å². The zero-order valence-corrected chi connectivity index (χ0v) is 17.8. The Bertz CT molecular complexity index is 1250. The maximum absolute atomic E-state index is 12.7. The molecule has 1 aromatic heterocycles. The maximum atomic E-state index is 12.7. The molecule has 0 unspecified atom stereocenters. The predicted octanol–water partition coefficient (Wildman–Crippen LogP) is 1.26. The summed E-state index contributed by atoms with van der Waals surface area (Å²) in [7, 11) is 0. The number of allylic oxidation sites excluding steroid dienone is 1. The lowest BCUT2D eigenvalue weighted by Gasteiger charge is -2.21. The Labute approximate surface area is 204 Å². The molecule has 1 N–H and O–H groups in total. The van der Waals surface area contributed by atoms with Gasteiger partial charge in [0.05, 0.1) is 11.3 Å². The number of carbonyl (C=O) groups is 2. The Balaban J connectivity index is 0.000000157. The first kappa shape index (κ1) is 24.1. The molecule has 11 heteroatoms. The highest BCUT2D eigenvalue weighted by atomic mass is 27.0. The number of phenols is 1. The van der Waals surface area contributed by atoms with Crippen molar-refractivity contribution in [1.82, 2.24) is 19.7 Å². The minimum Gasteiger partial charge on any atom is -0.506 e. The third-order valence-electron chi connectivity index (χ3n) is 5.87. The number of aromatic hydroxyl groups is 1. The Morgan fingerprint density at radius 3 is 2.06 bits per heavy atom. The van der Waals surface area contributed by atoms with Gasteiger partial charge in [-0.25, -0.2) is 0 Å². The molecular weight excluding hydrogens is 464 g/mol. The van der Waals surface area contributed by atoms with E-state index in [-0.39, 0.29) is 45.6 Å². The van der Waals surface area contributed by atoms with Crippen LogP contribution in [0.1, 0.15) is 11.1 Å². The summed E-state index contributed by atoms with van der Waals surface area (Å²) in [4.78, 5) is 34.2. The van der Waals surface area contributed by atoms with Crippen molar-refractivity contribution in [1.29, 1.82) is 0 Å². The largest absolute Gasteiger partial charge is 0.506 e. The van der Waals surface area contributed by atoms with Crippen LogP contribution in [0.15, 0.2) is 47.6 Å². The number of hydrogen-bond donors (Lipinski definition) is 1. The van der Waals surface area contributed by atoms with Crippen molar-refractivity contribution < 1.29 is 27.9 Å². The first-order valence-electron chi connectivity index (χ1n) is 10.6. The minimum atomic E-state index is -4.44. The fraction of sp³-hybridized carbons (Fsp3) is 0.348. The second-order valence-electron chi connectivity index (χ2n) is 8.36. The molecule has 0 saturated carbocycles. The van der Waals surface area contributed by atoms with E-state index in [0.29, 0.717) is 22.7 Å². The standard InChI is InChI=1S/C12H13N3O2.C11H8F3NO.Al.3H/c16-9-7-8(13-1-2-13)12(17)11(15-5-6-15)10(9)14-3-4-14;1-6-4-5-15-10-8(16)3-2-7(9(6)10)11(12,13)14;;;;/h7H,1-6H2;2-5,16H,1H3;;;;. The highest BCUT2D eigenvalue weighted by Gasteiger charge is 2.43. The minimum absolute atomic E-state index is 0. The lowest BCUT2D eigenvalue weighted by molar-refractivity contribution is -0.136. The first-order chi connectivity index (χ1) is 15.7. The fourth-order valence-corrected chi connectivity index (χ4v) is 3.93. The summed E-state index contributed by atoms with van der Waals surface area (Å²) < 4.78 is 38.2. The molecule has 0 bridgehead atoms. The highest BCUT2D eigenvalue weighted by Crippen LogP contribution is 2.38. The quantitative estimate of drug-likeness (QED) is 0.396. The van der Waals surface area contributed by atoms with E-state index in [1.165, 1.54) is 18.3 Å². The second kappa shape index (κ2) is 8.64. The molecular formula is C23H24AlF3N4O3. The van der Waals surface area contributed by atoms with Crippen LogP contribution in [0.4, 0.5) is 13.2 Å². The Hall–Kier alpha value is -3.03. The topological polar surface area (TPSA) is 76.3 Å². The highest BCUT2D eigenvalue weighted by molar-refractivity contribution is 6.22. The van der Waals surface area contributed by atoms with Gasteiger partial charge in [-0.1, -0.05) is 0 Å². The van der Waals surface area contributed by atoms with E-state index in [9.17, 15) is 27.9 Å². The number of phenolic OH excluding ortho intramolecular Hbond substituents is 1. The fourth-order valence-electron chi connectivity index (χ4n) is 3.93. The van der Waals surface area contributed by atoms with Crippen molar-refractivity contribution in [3.05, 3.63) is 58.7 Å². The van der Waals surface area contributed by atoms with Gasteiger partial charge in [-0.2, -0.15) is 13.2 Å². The number of hydrogen-bond acceptors (Lipinski definition) is 7. The predicted molar refractivity (Wildman–Crippen MR) is 123 cm³/mol. The monoisotopic (exact) mass is 488 g/mol. The van der Waals surface area contributed by atoms with Crippen LogP contribution in [0.2, 0.25) is 0 Å². The molecule has 3 saturated heterocycles. The lowest BCUT2D eigenvalue weighted by atomic mass is 10.0. The van der Waals surface area contributed by atoms with Crippen LogP contribution in [0.25, 0.3) is 10.9 Å². The average molecular weight is 488 g/mol. The number of fused-ring (bicyclic) bond motifs is 1. The van der Waals surface area contributed by atoms with Gasteiger partial charge in [0.15, 0.2) is 17.4 Å². The molecule has 4 heterocycles. The number of alkyl halides is 3. The number of aryl methyl sites for hydroxylation is 1. The smallest absolute Gasteiger partial charge is 0.417 e. The molecule has 0 radical (unpaired) electrons. The number of halogens is 3. The van der Waals surface area contributed by atoms with Crippen LogP contribution < -0.4 is 0 Å². The van der Waals surface area contributed by atoms with Crippen molar-refractivity contribution in [3.63, 3.8) is 0 Å². The van der Waals surface area contributed by atoms with Crippen LogP contribution in [0.3, 0.4) is 0 Å². The van der Waals surface area contributed by atoms with E-state index < -0.39 is 11.7 Å². The van der Waals surface area contributed by atoms with Gasteiger partial charge in [0.2, 0.25) is 11.6 Å². The summed E-state index contributed by atoms with van der Waals surface area (Å²) in [6.45, 7) is 6.96. The summed E-state index contributed by atoms with van der Waals surface area (Å²) in [5.41, 5.74) is 1.53. The number of benzene rings is 1. The Morgan fingerprint density at radius 2 is 1.50 bits per heavy atom. The van der Waals surface area contributed by atoms with Gasteiger partial charge < -0.3 is 19.8 Å². The average Bonchev–Trinajstić information content (AvgIpc) is 3.62. The third kappa shape index (κ3) is 4.50. The molecule has 3 fully saturated rings. The van der Waals surface area contributed by atoms with Gasteiger partial charge in [-0.05, 0) is 30.7 Å². The lowest BCUT2D eigenvalue weighted by Crippen LogP contribution is -2.29. The van der Waals surface area contributed by atoms with Gasteiger partial charge >= 0.3 is 6.18 Å². The SMILES string of the molecule is Cc1ccnc2c(O)ccc(C(F)(F)F)c12.O=C1C=C(N2CC2)C(=O)C(N2CC2)=C1N1CC1.[AlH3]. The molecule has 0 atom stereocenters. The summed E-state index contributed by atoms with van der Waals surface area (Å²) in [5.74, 6) is -0.195. The summed E-state index contributed by atoms with van der Waals surface area (Å²) in [6.07, 6.45) is -1.55. The number of carbonyl (C=O) groups excluding carboxylic acids is 2. The molecule has 0 spiro atoms. The van der Waals surface area contributed by atoms with Crippen molar-refractivity contribution in [2.45, 2.75) is 13.1 Å². The van der Waals surface area contributed by atoms with E-state index >= 15 is 0 Å². The first-order valence-corrected chi connectivity index (χ1v) is 10.6. The van der Waals surface area contributed by atoms with Crippen molar-refractivity contribution >= 4 is 39.8 Å². The Morgan fingerprint density at radius 1 is 0.912 bits per heavy atom. The van der Waals surface area contributed by atoms with Crippen molar-refractivity contribution in [3.8, 4) is 5.75 Å². The summed E-state index contributed by atoms with van der Waals surface area (Å²) in [5, 5.41) is 9.41. The van der Waals surface area contributed by atoms with Crippen molar-refractivity contribution in [2.24, 2.45) is 0 Å². The summed E-state index contributed by atoms with van der Waals surface area (Å²) in [6, 6.07) is 3.36. The van der Waals surface area contributed by atoms with Crippen LogP contribution in [-0.4, -0.2) is 93.0 Å². The van der Waals surface area contributed by atoms with Gasteiger partial charge in [-0.15, -0.1) is 0 Å². The molecule has 0 amide bonds. The zero-order valence-electron chi connectivity index (χ0n) is 17.8. The molecule has 1 aliphatic carbocycles. The van der Waals surface area contributed by atoms with Crippen LogP contribution in [0.5, 0.6) is 5.75 Å². The number of ketones is 2. The van der Waals surface area contributed by atoms with E-state index in [2.05, 4.69) is 4.98 Å². The van der Waals surface area contributed by atoms with Crippen molar-refractivity contribution in [2.75, 3.05) is 39.3 Å². The molecule has 178 valence electrons. The van der Waals surface area contributed by atoms with Crippen LogP contribution >= 0.6 is 0 Å². The molecule has 7 nitrogen and oxygen atoms in total. The number of Topliss-reactive ketones (excluding diaryl/α,β-unsaturated/α-hetero) is 1. The van der Waals surface area contributed by atoms with Gasteiger partial charge in [-0.3, -0.25) is 14.6 Å². The maximum Gasteiger partial charge on any atom is 0.417 e. The van der Waals surface area contributed by atoms with Gasteiger partial charge in [0, 0.05) is 56.9 Å². The van der Waals surface area contributed by atoms with E-state index in [1.54, 1.807) is 6.92 Å². The third-order valence-corrected chi connectivity index (χ3v) is 5.87. The Kier molecular flexibility index (Phi) is 6.12. The number of nitrogens with zero attached hydrogens (tertiary/aromatic N) is 4. The van der Waals surface area contributed by atoms with Gasteiger partial charge in [0.1, 0.15) is 22.7 Å². The molecule has 4 aliphatic rings. The van der Waals surface area contributed by atoms with E-state index in [4.69, 9.17) is 0 Å². The molecule has 2 aromatic rings.